The normalized spacial score (nSPS) is 18.4. The molecule has 1 unspecified atom stereocenters. The average Bonchev–Trinajstić information content (AvgIpc) is 3.28. The van der Waals surface area contributed by atoms with Gasteiger partial charge in [0.25, 0.3) is 0 Å². The number of unbranched alkanes of at least 4 members (excludes halogenated alkanes) is 2. The summed E-state index contributed by atoms with van der Waals surface area (Å²) in [4.78, 5) is 39.7. The third kappa shape index (κ3) is 8.90. The van der Waals surface area contributed by atoms with Crippen molar-refractivity contribution in [2.75, 3.05) is 18.9 Å². The Morgan fingerprint density at radius 1 is 1.19 bits per heavy atom. The maximum absolute atomic E-state index is 13.6. The highest BCUT2D eigenvalue weighted by molar-refractivity contribution is 7.90. The SMILES string of the molecule is CCCCC[C@@H](NS(=O)(=O)CC(=O)OCC)C(=O)N1CC(C(=N)N)C[C@H]1C(=O)NCc1ccccc1. The largest absolute Gasteiger partial charge is 0.465 e. The second-order valence-corrected chi connectivity index (χ2v) is 10.6. The van der Waals surface area contributed by atoms with E-state index in [0.717, 1.165) is 18.4 Å². The van der Waals surface area contributed by atoms with Gasteiger partial charge in [-0.05, 0) is 25.3 Å². The number of rotatable bonds is 14. The van der Waals surface area contributed by atoms with E-state index in [1.54, 1.807) is 6.92 Å². The Kier molecular flexibility index (Phi) is 11.3. The van der Waals surface area contributed by atoms with Crippen LogP contribution in [-0.4, -0.2) is 67.9 Å². The average molecular weight is 524 g/mol. The third-order valence-electron chi connectivity index (χ3n) is 5.97. The number of sulfonamides is 1. The summed E-state index contributed by atoms with van der Waals surface area (Å²) in [5, 5.41) is 10.7. The number of nitrogens with zero attached hydrogens (tertiary/aromatic N) is 1. The van der Waals surface area contributed by atoms with Crippen molar-refractivity contribution in [3.63, 3.8) is 0 Å². The van der Waals surface area contributed by atoms with Gasteiger partial charge in [0.05, 0.1) is 12.4 Å². The molecule has 2 rings (SSSR count). The molecule has 0 bridgehead atoms. The quantitative estimate of drug-likeness (QED) is 0.121. The molecule has 0 saturated carbocycles. The van der Waals surface area contributed by atoms with Gasteiger partial charge in [-0.2, -0.15) is 0 Å². The first kappa shape index (κ1) is 29.2. The molecule has 1 heterocycles. The lowest BCUT2D eigenvalue weighted by Crippen LogP contribution is -2.54. The number of benzene rings is 1. The summed E-state index contributed by atoms with van der Waals surface area (Å²) in [6.07, 6.45) is 2.58. The van der Waals surface area contributed by atoms with Gasteiger partial charge in [0.1, 0.15) is 12.1 Å². The van der Waals surface area contributed by atoms with E-state index in [-0.39, 0.29) is 38.4 Å². The lowest BCUT2D eigenvalue weighted by molar-refractivity contribution is -0.140. The minimum absolute atomic E-state index is 0.0292. The Labute approximate surface area is 212 Å². The number of hydrogen-bond donors (Lipinski definition) is 4. The number of nitrogens with one attached hydrogen (secondary N) is 3. The maximum Gasteiger partial charge on any atom is 0.322 e. The first-order chi connectivity index (χ1) is 17.1. The van der Waals surface area contributed by atoms with Gasteiger partial charge in [-0.1, -0.05) is 56.5 Å². The van der Waals surface area contributed by atoms with Crippen molar-refractivity contribution in [2.24, 2.45) is 11.7 Å². The molecule has 1 aromatic rings. The minimum atomic E-state index is -4.17. The van der Waals surface area contributed by atoms with Crippen LogP contribution in [0.2, 0.25) is 0 Å². The highest BCUT2D eigenvalue weighted by Crippen LogP contribution is 2.25. The number of carbonyl (C=O) groups excluding carboxylic acids is 3. The fourth-order valence-electron chi connectivity index (χ4n) is 4.10. The van der Waals surface area contributed by atoms with Gasteiger partial charge in [0.15, 0.2) is 5.75 Å². The maximum atomic E-state index is 13.6. The van der Waals surface area contributed by atoms with Crippen molar-refractivity contribution in [1.82, 2.24) is 14.9 Å². The number of hydrogen-bond acceptors (Lipinski definition) is 7. The van der Waals surface area contributed by atoms with E-state index in [4.69, 9.17) is 15.9 Å². The summed E-state index contributed by atoms with van der Waals surface area (Å²) in [6.45, 7) is 3.87. The van der Waals surface area contributed by atoms with E-state index in [0.29, 0.717) is 6.42 Å². The van der Waals surface area contributed by atoms with Gasteiger partial charge in [-0.15, -0.1) is 0 Å². The molecule has 11 nitrogen and oxygen atoms in total. The van der Waals surface area contributed by atoms with Gasteiger partial charge in [0.2, 0.25) is 21.8 Å². The molecule has 1 aliphatic heterocycles. The molecule has 0 aromatic heterocycles. The molecule has 200 valence electrons. The van der Waals surface area contributed by atoms with Crippen molar-refractivity contribution in [3.05, 3.63) is 35.9 Å². The number of likely N-dealkylation sites (tertiary alicyclic amines) is 1. The van der Waals surface area contributed by atoms with Crippen LogP contribution in [0.1, 0.15) is 51.5 Å². The summed E-state index contributed by atoms with van der Waals surface area (Å²) in [6, 6.07) is 7.21. The number of nitrogens with two attached hydrogens (primary N) is 1. The standard InChI is InChI=1S/C24H37N5O6S/c1-3-5-7-12-19(28-36(33,34)16-21(30)35-4-2)24(32)29-15-18(22(25)26)13-20(29)23(31)27-14-17-10-8-6-9-11-17/h6,8-11,18-20,28H,3-5,7,12-16H2,1-2H3,(H3,25,26)(H,27,31)/t18?,19-,20+/m1/s1. The van der Waals surface area contributed by atoms with Crippen molar-refractivity contribution in [3.8, 4) is 0 Å². The number of esters is 1. The van der Waals surface area contributed by atoms with Crippen LogP contribution in [0.3, 0.4) is 0 Å². The summed E-state index contributed by atoms with van der Waals surface area (Å²) in [5.74, 6) is -3.47. The van der Waals surface area contributed by atoms with Gasteiger partial charge in [-0.25, -0.2) is 13.1 Å². The molecular formula is C24H37N5O6S. The summed E-state index contributed by atoms with van der Waals surface area (Å²) >= 11 is 0. The Hall–Kier alpha value is -2.99. The Morgan fingerprint density at radius 2 is 1.89 bits per heavy atom. The van der Waals surface area contributed by atoms with Gasteiger partial charge >= 0.3 is 5.97 Å². The van der Waals surface area contributed by atoms with Gasteiger partial charge in [0, 0.05) is 19.0 Å². The van der Waals surface area contributed by atoms with Crippen LogP contribution in [-0.2, 0) is 35.7 Å². The van der Waals surface area contributed by atoms with Crippen molar-refractivity contribution in [2.45, 2.75) is 64.6 Å². The number of amides is 2. The topological polar surface area (TPSA) is 172 Å². The minimum Gasteiger partial charge on any atom is -0.465 e. The van der Waals surface area contributed by atoms with Crippen LogP contribution in [0.5, 0.6) is 0 Å². The molecule has 0 spiro atoms. The number of amidine groups is 1. The first-order valence-corrected chi connectivity index (χ1v) is 13.8. The number of carbonyl (C=O) groups is 3. The van der Waals surface area contributed by atoms with E-state index in [1.807, 2.05) is 37.3 Å². The highest BCUT2D eigenvalue weighted by Gasteiger charge is 2.43. The Morgan fingerprint density at radius 3 is 2.50 bits per heavy atom. The van der Waals surface area contributed by atoms with Crippen LogP contribution in [0.4, 0.5) is 0 Å². The van der Waals surface area contributed by atoms with E-state index in [2.05, 4.69) is 10.0 Å². The zero-order valence-electron chi connectivity index (χ0n) is 20.9. The van der Waals surface area contributed by atoms with Crippen LogP contribution in [0, 0.1) is 11.3 Å². The highest BCUT2D eigenvalue weighted by atomic mass is 32.2. The second-order valence-electron chi connectivity index (χ2n) is 8.83. The zero-order valence-corrected chi connectivity index (χ0v) is 21.7. The van der Waals surface area contributed by atoms with Gasteiger partial charge < -0.3 is 20.7 Å². The molecule has 1 aromatic carbocycles. The summed E-state index contributed by atoms with van der Waals surface area (Å²) in [5.41, 5.74) is 6.58. The molecule has 3 atom stereocenters. The lowest BCUT2D eigenvalue weighted by Gasteiger charge is -2.28. The Balaban J connectivity index is 2.21. The molecule has 5 N–H and O–H groups in total. The summed E-state index contributed by atoms with van der Waals surface area (Å²) in [7, 11) is -4.17. The van der Waals surface area contributed by atoms with Crippen molar-refractivity contribution >= 4 is 33.6 Å². The molecule has 2 amide bonds. The van der Waals surface area contributed by atoms with E-state index in [1.165, 1.54) is 4.90 Å². The van der Waals surface area contributed by atoms with Crippen LogP contribution in [0.25, 0.3) is 0 Å². The predicted molar refractivity (Wildman–Crippen MR) is 135 cm³/mol. The lowest BCUT2D eigenvalue weighted by atomic mass is 10.0. The van der Waals surface area contributed by atoms with Crippen LogP contribution in [0.15, 0.2) is 30.3 Å². The molecule has 36 heavy (non-hydrogen) atoms. The van der Waals surface area contributed by atoms with Gasteiger partial charge in [-0.3, -0.25) is 19.8 Å². The van der Waals surface area contributed by atoms with Crippen LogP contribution < -0.4 is 15.8 Å². The van der Waals surface area contributed by atoms with Crippen LogP contribution >= 0.6 is 0 Å². The molecule has 12 heteroatoms. The smallest absolute Gasteiger partial charge is 0.322 e. The fourth-order valence-corrected chi connectivity index (χ4v) is 5.23. The number of ether oxygens (including phenoxy) is 1. The molecule has 0 radical (unpaired) electrons. The molecular weight excluding hydrogens is 486 g/mol. The molecule has 1 aliphatic rings. The van der Waals surface area contributed by atoms with E-state index < -0.39 is 51.6 Å². The summed E-state index contributed by atoms with van der Waals surface area (Å²) < 4.78 is 32.3. The second kappa shape index (κ2) is 13.9. The first-order valence-electron chi connectivity index (χ1n) is 12.2. The fraction of sp³-hybridized carbons (Fsp3) is 0.583. The molecule has 0 aliphatic carbocycles. The van der Waals surface area contributed by atoms with Crippen molar-refractivity contribution < 1.29 is 27.5 Å². The molecule has 1 fully saturated rings. The Bertz CT molecular complexity index is 1020. The zero-order chi connectivity index (χ0) is 26.7. The van der Waals surface area contributed by atoms with Crippen molar-refractivity contribution in [1.29, 1.82) is 5.41 Å². The van der Waals surface area contributed by atoms with E-state index >= 15 is 0 Å². The third-order valence-corrected chi connectivity index (χ3v) is 7.23. The van der Waals surface area contributed by atoms with E-state index in [9.17, 15) is 22.8 Å². The molecule has 1 saturated heterocycles. The monoisotopic (exact) mass is 523 g/mol. The predicted octanol–water partition coefficient (Wildman–Crippen LogP) is 0.887.